The summed E-state index contributed by atoms with van der Waals surface area (Å²) in [4.78, 5) is 19.6. The summed E-state index contributed by atoms with van der Waals surface area (Å²) in [7, 11) is 2.12. The number of hydrogen-bond acceptors (Lipinski definition) is 4. The molecule has 3 saturated heterocycles. The molecule has 4 rings (SSSR count). The van der Waals surface area contributed by atoms with E-state index >= 15 is 0 Å². The van der Waals surface area contributed by atoms with Crippen molar-refractivity contribution in [3.8, 4) is 0 Å². The third-order valence-corrected chi connectivity index (χ3v) is 5.94. The predicted molar refractivity (Wildman–Crippen MR) is 84.7 cm³/mol. The molecule has 4 fully saturated rings. The van der Waals surface area contributed by atoms with Gasteiger partial charge in [0.1, 0.15) is 6.10 Å². The van der Waals surface area contributed by atoms with Crippen molar-refractivity contribution in [2.75, 3.05) is 46.3 Å². The van der Waals surface area contributed by atoms with E-state index in [1.807, 2.05) is 4.90 Å². The highest BCUT2D eigenvalue weighted by atomic mass is 16.5. The van der Waals surface area contributed by atoms with Gasteiger partial charge in [-0.2, -0.15) is 0 Å². The number of amides is 1. The van der Waals surface area contributed by atoms with Crippen molar-refractivity contribution < 1.29 is 9.53 Å². The number of carbonyl (C=O) groups is 1. The molecule has 3 heterocycles. The van der Waals surface area contributed by atoms with Gasteiger partial charge in [0.15, 0.2) is 0 Å². The minimum absolute atomic E-state index is 0.175. The van der Waals surface area contributed by atoms with E-state index in [1.165, 1.54) is 25.9 Å². The summed E-state index contributed by atoms with van der Waals surface area (Å²) in [6.07, 6.45) is 6.12. The fraction of sp³-hybridized carbons (Fsp3) is 0.941. The van der Waals surface area contributed by atoms with Crippen LogP contribution in [0, 0.1) is 5.92 Å². The van der Waals surface area contributed by atoms with E-state index < -0.39 is 0 Å². The van der Waals surface area contributed by atoms with Gasteiger partial charge in [-0.1, -0.05) is 0 Å². The minimum atomic E-state index is -0.175. The molecule has 4 aliphatic rings. The lowest BCUT2D eigenvalue weighted by molar-refractivity contribution is -0.156. The second kappa shape index (κ2) is 6.10. The largest absolute Gasteiger partial charge is 0.363 e. The summed E-state index contributed by atoms with van der Waals surface area (Å²) in [6.45, 7) is 6.12. The van der Waals surface area contributed by atoms with E-state index in [0.717, 1.165) is 51.4 Å². The topological polar surface area (TPSA) is 36.0 Å². The van der Waals surface area contributed by atoms with E-state index in [4.69, 9.17) is 4.74 Å². The van der Waals surface area contributed by atoms with Crippen LogP contribution in [-0.4, -0.2) is 85.2 Å². The van der Waals surface area contributed by atoms with E-state index in [2.05, 4.69) is 16.8 Å². The first-order valence-corrected chi connectivity index (χ1v) is 9.07. The van der Waals surface area contributed by atoms with Crippen LogP contribution >= 0.6 is 0 Å². The quantitative estimate of drug-likeness (QED) is 0.772. The molecule has 0 N–H and O–H groups in total. The molecule has 5 nitrogen and oxygen atoms in total. The molecule has 22 heavy (non-hydrogen) atoms. The van der Waals surface area contributed by atoms with Crippen LogP contribution in [0.3, 0.4) is 0 Å². The van der Waals surface area contributed by atoms with Crippen LogP contribution in [0.5, 0.6) is 0 Å². The van der Waals surface area contributed by atoms with Crippen LogP contribution in [0.1, 0.15) is 32.1 Å². The van der Waals surface area contributed by atoms with Gasteiger partial charge >= 0.3 is 0 Å². The van der Waals surface area contributed by atoms with Crippen molar-refractivity contribution in [1.82, 2.24) is 14.7 Å². The number of piperazine rings is 1. The Morgan fingerprint density at radius 2 is 1.77 bits per heavy atom. The van der Waals surface area contributed by atoms with E-state index in [-0.39, 0.29) is 12.0 Å². The Hall–Kier alpha value is -0.650. The lowest BCUT2D eigenvalue weighted by Crippen LogP contribution is -2.53. The first-order valence-electron chi connectivity index (χ1n) is 9.07. The van der Waals surface area contributed by atoms with Crippen molar-refractivity contribution in [3.63, 3.8) is 0 Å². The molecule has 0 unspecified atom stereocenters. The Labute approximate surface area is 133 Å². The first kappa shape index (κ1) is 14.9. The SMILES string of the molecule is CN1CCN(C(=O)[C@@H]2CC[C@H]3[C@H](CCN3CC3CC3)O2)CC1. The molecule has 5 heteroatoms. The van der Waals surface area contributed by atoms with E-state index in [0.29, 0.717) is 12.1 Å². The summed E-state index contributed by atoms with van der Waals surface area (Å²) < 4.78 is 6.24. The molecule has 0 aromatic carbocycles. The molecule has 0 radical (unpaired) electrons. The molecule has 3 atom stereocenters. The van der Waals surface area contributed by atoms with Gasteiger partial charge in [-0.25, -0.2) is 0 Å². The van der Waals surface area contributed by atoms with Crippen LogP contribution in [0.15, 0.2) is 0 Å². The smallest absolute Gasteiger partial charge is 0.251 e. The molecule has 0 bridgehead atoms. The standard InChI is InChI=1S/C17H29N3O2/c1-18-8-10-19(11-9-18)17(21)16-5-4-14-15(22-16)6-7-20(14)12-13-2-3-13/h13-16H,2-12H2,1H3/t14-,15-,16-/m0/s1. The number of ether oxygens (including phenoxy) is 1. The normalized spacial score (nSPS) is 37.3. The number of hydrogen-bond donors (Lipinski definition) is 0. The maximum atomic E-state index is 12.7. The Bertz CT molecular complexity index is 418. The van der Waals surface area contributed by atoms with Crippen molar-refractivity contribution in [3.05, 3.63) is 0 Å². The van der Waals surface area contributed by atoms with Gasteiger partial charge in [0, 0.05) is 45.3 Å². The zero-order chi connectivity index (χ0) is 15.1. The molecular weight excluding hydrogens is 278 g/mol. The average molecular weight is 307 g/mol. The maximum absolute atomic E-state index is 12.7. The lowest BCUT2D eigenvalue weighted by Gasteiger charge is -2.39. The highest BCUT2D eigenvalue weighted by Crippen LogP contribution is 2.36. The second-order valence-corrected chi connectivity index (χ2v) is 7.66. The monoisotopic (exact) mass is 307 g/mol. The number of likely N-dealkylation sites (tertiary alicyclic amines) is 1. The Kier molecular flexibility index (Phi) is 4.13. The third kappa shape index (κ3) is 3.03. The highest BCUT2D eigenvalue weighted by molar-refractivity contribution is 5.81. The van der Waals surface area contributed by atoms with Crippen molar-refractivity contribution >= 4 is 5.91 Å². The molecule has 1 saturated carbocycles. The fourth-order valence-corrected chi connectivity index (χ4v) is 4.29. The van der Waals surface area contributed by atoms with Crippen molar-refractivity contribution in [1.29, 1.82) is 0 Å². The Balaban J connectivity index is 1.31. The van der Waals surface area contributed by atoms with Gasteiger partial charge in [-0.15, -0.1) is 0 Å². The summed E-state index contributed by atoms with van der Waals surface area (Å²) in [5.41, 5.74) is 0. The summed E-state index contributed by atoms with van der Waals surface area (Å²) in [6, 6.07) is 0.581. The Morgan fingerprint density at radius 1 is 1.00 bits per heavy atom. The number of fused-ring (bicyclic) bond motifs is 1. The van der Waals surface area contributed by atoms with Gasteiger partial charge in [0.2, 0.25) is 0 Å². The van der Waals surface area contributed by atoms with Gasteiger partial charge in [-0.05, 0) is 45.1 Å². The molecule has 124 valence electrons. The number of likely N-dealkylation sites (N-methyl/N-ethyl adjacent to an activating group) is 1. The van der Waals surface area contributed by atoms with Crippen LogP contribution in [0.2, 0.25) is 0 Å². The molecule has 1 amide bonds. The van der Waals surface area contributed by atoms with E-state index in [1.54, 1.807) is 0 Å². The molecule has 1 aliphatic carbocycles. The second-order valence-electron chi connectivity index (χ2n) is 7.66. The first-order chi connectivity index (χ1) is 10.7. The van der Waals surface area contributed by atoms with Crippen molar-refractivity contribution in [2.24, 2.45) is 5.92 Å². The lowest BCUT2D eigenvalue weighted by atomic mass is 9.98. The Morgan fingerprint density at radius 3 is 2.50 bits per heavy atom. The minimum Gasteiger partial charge on any atom is -0.363 e. The number of rotatable bonds is 3. The summed E-state index contributed by atoms with van der Waals surface area (Å²) in [5.74, 6) is 1.19. The van der Waals surface area contributed by atoms with E-state index in [9.17, 15) is 4.79 Å². The third-order valence-electron chi connectivity index (χ3n) is 5.94. The summed E-state index contributed by atoms with van der Waals surface area (Å²) in [5, 5.41) is 0. The zero-order valence-corrected chi connectivity index (χ0v) is 13.7. The molecule has 0 aromatic heterocycles. The van der Waals surface area contributed by atoms with Gasteiger partial charge in [0.05, 0.1) is 6.10 Å². The fourth-order valence-electron chi connectivity index (χ4n) is 4.29. The summed E-state index contributed by atoms with van der Waals surface area (Å²) >= 11 is 0. The number of carbonyl (C=O) groups excluding carboxylic acids is 1. The molecular formula is C17H29N3O2. The van der Waals surface area contributed by atoms with Crippen LogP contribution in [0.25, 0.3) is 0 Å². The van der Waals surface area contributed by atoms with Gasteiger partial charge < -0.3 is 14.5 Å². The van der Waals surface area contributed by atoms with Gasteiger partial charge in [0.25, 0.3) is 5.91 Å². The van der Waals surface area contributed by atoms with Crippen molar-refractivity contribution in [2.45, 2.75) is 50.4 Å². The maximum Gasteiger partial charge on any atom is 0.251 e. The average Bonchev–Trinajstić information content (AvgIpc) is 3.27. The van der Waals surface area contributed by atoms with Gasteiger partial charge in [-0.3, -0.25) is 9.69 Å². The highest BCUT2D eigenvalue weighted by Gasteiger charge is 2.43. The molecule has 3 aliphatic heterocycles. The van der Waals surface area contributed by atoms with Crippen LogP contribution < -0.4 is 0 Å². The van der Waals surface area contributed by atoms with Crippen LogP contribution in [-0.2, 0) is 9.53 Å². The molecule has 0 spiro atoms. The number of nitrogens with zero attached hydrogens (tertiary/aromatic N) is 3. The zero-order valence-electron chi connectivity index (χ0n) is 13.7. The van der Waals surface area contributed by atoms with Crippen LogP contribution in [0.4, 0.5) is 0 Å². The predicted octanol–water partition coefficient (Wildman–Crippen LogP) is 0.792. The molecule has 0 aromatic rings.